The van der Waals surface area contributed by atoms with E-state index in [1.54, 1.807) is 0 Å². The Bertz CT molecular complexity index is 872. The summed E-state index contributed by atoms with van der Waals surface area (Å²) in [6.45, 7) is 1.99. The van der Waals surface area contributed by atoms with Crippen molar-refractivity contribution in [2.24, 2.45) is 0 Å². The fraction of sp³-hybridized carbons (Fsp3) is 0.440. The van der Waals surface area contributed by atoms with E-state index in [-0.39, 0.29) is 23.3 Å². The summed E-state index contributed by atoms with van der Waals surface area (Å²) in [5, 5.41) is 17.3. The van der Waals surface area contributed by atoms with Gasteiger partial charge in [-0.25, -0.2) is 0 Å². The lowest BCUT2D eigenvalue weighted by Crippen LogP contribution is -2.42. The number of aryl methyl sites for hydroxylation is 1. The second-order valence-electron chi connectivity index (χ2n) is 8.50. The van der Waals surface area contributed by atoms with E-state index in [0.717, 1.165) is 24.0 Å². The molecule has 0 spiro atoms. The maximum Gasteiger partial charge on any atom is 0.220 e. The minimum Gasteiger partial charge on any atom is -0.391 e. The third-order valence-corrected chi connectivity index (χ3v) is 6.52. The number of hydrogen-bond donors (Lipinski definition) is 3. The molecule has 0 radical (unpaired) electrons. The van der Waals surface area contributed by atoms with Gasteiger partial charge in [-0.05, 0) is 55.4 Å². The molecule has 0 heterocycles. The highest BCUT2D eigenvalue weighted by atomic mass is 35.5. The van der Waals surface area contributed by atoms with Crippen molar-refractivity contribution in [2.45, 2.75) is 63.0 Å². The Labute approximate surface area is 189 Å². The molecule has 0 unspecified atom stereocenters. The average molecular weight is 443 g/mol. The Kier molecular flexibility index (Phi) is 8.10. The molecule has 1 aliphatic rings. The van der Waals surface area contributed by atoms with E-state index in [2.05, 4.69) is 22.8 Å². The summed E-state index contributed by atoms with van der Waals surface area (Å²) in [6, 6.07) is 17.5. The fourth-order valence-electron chi connectivity index (χ4n) is 4.43. The number of benzene rings is 2. The van der Waals surface area contributed by atoms with Crippen LogP contribution < -0.4 is 10.6 Å². The van der Waals surface area contributed by atoms with Gasteiger partial charge in [-0.15, -0.1) is 0 Å². The van der Waals surface area contributed by atoms with E-state index >= 15 is 0 Å². The predicted octanol–water partition coefficient (Wildman–Crippen LogP) is 3.77. The van der Waals surface area contributed by atoms with Crippen LogP contribution >= 0.6 is 11.6 Å². The summed E-state index contributed by atoms with van der Waals surface area (Å²) >= 11 is 5.93. The van der Waals surface area contributed by atoms with Crippen LogP contribution in [0, 0.1) is 0 Å². The zero-order valence-corrected chi connectivity index (χ0v) is 18.7. The highest BCUT2D eigenvalue weighted by molar-refractivity contribution is 6.30. The molecule has 2 aromatic rings. The van der Waals surface area contributed by atoms with Crippen LogP contribution in [0.1, 0.15) is 50.2 Å². The van der Waals surface area contributed by atoms with Gasteiger partial charge in [-0.3, -0.25) is 9.59 Å². The molecule has 0 saturated heterocycles. The normalized spacial score (nSPS) is 23.6. The molecular weight excluding hydrogens is 412 g/mol. The largest absolute Gasteiger partial charge is 0.391 e. The third-order valence-electron chi connectivity index (χ3n) is 6.27. The van der Waals surface area contributed by atoms with E-state index in [4.69, 9.17) is 11.6 Å². The van der Waals surface area contributed by atoms with Crippen molar-refractivity contribution in [1.29, 1.82) is 0 Å². The number of amides is 2. The van der Waals surface area contributed by atoms with E-state index in [1.165, 1.54) is 6.92 Å². The van der Waals surface area contributed by atoms with Crippen molar-refractivity contribution in [3.05, 3.63) is 70.7 Å². The predicted molar refractivity (Wildman–Crippen MR) is 123 cm³/mol. The number of hydrogen-bond acceptors (Lipinski definition) is 3. The second kappa shape index (κ2) is 10.8. The summed E-state index contributed by atoms with van der Waals surface area (Å²) in [5.74, 6) is -0.125. The van der Waals surface area contributed by atoms with Gasteiger partial charge in [0, 0.05) is 30.3 Å². The number of aliphatic hydroxyl groups is 1. The average Bonchev–Trinajstić information content (AvgIpc) is 2.92. The zero-order valence-electron chi connectivity index (χ0n) is 17.9. The van der Waals surface area contributed by atoms with Crippen molar-refractivity contribution >= 4 is 23.4 Å². The van der Waals surface area contributed by atoms with Crippen LogP contribution in [0.15, 0.2) is 54.6 Å². The molecular formula is C25H31ClN2O3. The van der Waals surface area contributed by atoms with Gasteiger partial charge >= 0.3 is 0 Å². The maximum atomic E-state index is 12.6. The Balaban J connectivity index is 1.67. The number of nitrogens with one attached hydrogen (secondary N) is 2. The Morgan fingerprint density at radius 3 is 2.42 bits per heavy atom. The van der Waals surface area contributed by atoms with Crippen LogP contribution in [0.2, 0.25) is 5.02 Å². The van der Waals surface area contributed by atoms with Crippen molar-refractivity contribution in [3.8, 4) is 0 Å². The molecule has 3 rings (SSSR count). The number of aliphatic hydroxyl groups excluding tert-OH is 1. The lowest BCUT2D eigenvalue weighted by Gasteiger charge is -2.34. The number of carbonyl (C=O) groups is 2. The van der Waals surface area contributed by atoms with Gasteiger partial charge < -0.3 is 15.7 Å². The van der Waals surface area contributed by atoms with Crippen LogP contribution in [0.4, 0.5) is 0 Å². The first-order chi connectivity index (χ1) is 14.9. The second-order valence-corrected chi connectivity index (χ2v) is 8.94. The highest BCUT2D eigenvalue weighted by Crippen LogP contribution is 2.38. The first-order valence-electron chi connectivity index (χ1n) is 10.9. The molecule has 0 bridgehead atoms. The smallest absolute Gasteiger partial charge is 0.220 e. The molecule has 1 saturated carbocycles. The first-order valence-corrected chi connectivity index (χ1v) is 11.3. The summed E-state index contributed by atoms with van der Waals surface area (Å²) in [5.41, 5.74) is 1.96. The molecule has 2 aromatic carbocycles. The van der Waals surface area contributed by atoms with Gasteiger partial charge in [-0.1, -0.05) is 54.1 Å². The standard InChI is InChI=1S/C25H31ClN2O3/c1-18(29)28-22-13-15-25(16-14-23(22)30,20-5-3-2-4-6-20)17-27-24(31)12-9-19-7-10-21(26)11-8-19/h2-8,10-11,22-23,30H,9,12-17H2,1H3,(H,27,31)(H,28,29)/t22-,23-,25-/m0/s1. The highest BCUT2D eigenvalue weighted by Gasteiger charge is 2.38. The van der Waals surface area contributed by atoms with Crippen molar-refractivity contribution < 1.29 is 14.7 Å². The zero-order chi connectivity index (χ0) is 22.3. The summed E-state index contributed by atoms with van der Waals surface area (Å²) in [7, 11) is 0. The summed E-state index contributed by atoms with van der Waals surface area (Å²) < 4.78 is 0. The number of rotatable bonds is 7. The molecule has 3 atom stereocenters. The van der Waals surface area contributed by atoms with Crippen molar-refractivity contribution in [3.63, 3.8) is 0 Å². The quantitative estimate of drug-likeness (QED) is 0.571. The van der Waals surface area contributed by atoms with Crippen LogP contribution in [0.5, 0.6) is 0 Å². The minimum atomic E-state index is -0.588. The maximum absolute atomic E-state index is 12.6. The summed E-state index contributed by atoms with van der Waals surface area (Å²) in [4.78, 5) is 24.2. The van der Waals surface area contributed by atoms with Gasteiger partial charge in [0.1, 0.15) is 0 Å². The Hall–Kier alpha value is -2.37. The Morgan fingerprint density at radius 1 is 1.06 bits per heavy atom. The molecule has 166 valence electrons. The van der Waals surface area contributed by atoms with Crippen LogP contribution in [-0.2, 0) is 21.4 Å². The van der Waals surface area contributed by atoms with Gasteiger partial charge in [0.05, 0.1) is 12.1 Å². The Morgan fingerprint density at radius 2 is 1.74 bits per heavy atom. The van der Waals surface area contributed by atoms with E-state index in [9.17, 15) is 14.7 Å². The monoisotopic (exact) mass is 442 g/mol. The van der Waals surface area contributed by atoms with Crippen LogP contribution in [-0.4, -0.2) is 35.6 Å². The van der Waals surface area contributed by atoms with Gasteiger partial charge in [0.25, 0.3) is 0 Å². The molecule has 6 heteroatoms. The number of carbonyl (C=O) groups excluding carboxylic acids is 2. The first kappa shape index (κ1) is 23.3. The minimum absolute atomic E-state index is 0.00784. The molecule has 1 fully saturated rings. The molecule has 5 nitrogen and oxygen atoms in total. The van der Waals surface area contributed by atoms with Crippen LogP contribution in [0.25, 0.3) is 0 Å². The van der Waals surface area contributed by atoms with E-state index in [1.807, 2.05) is 42.5 Å². The molecule has 31 heavy (non-hydrogen) atoms. The van der Waals surface area contributed by atoms with Crippen molar-refractivity contribution in [2.75, 3.05) is 6.54 Å². The third kappa shape index (κ3) is 6.55. The molecule has 0 aromatic heterocycles. The van der Waals surface area contributed by atoms with Gasteiger partial charge in [-0.2, -0.15) is 0 Å². The van der Waals surface area contributed by atoms with Gasteiger partial charge in [0.15, 0.2) is 0 Å². The number of halogens is 1. The molecule has 1 aliphatic carbocycles. The summed E-state index contributed by atoms with van der Waals surface area (Å²) in [6.07, 6.45) is 3.22. The fourth-order valence-corrected chi connectivity index (χ4v) is 4.55. The lowest BCUT2D eigenvalue weighted by molar-refractivity contribution is -0.121. The molecule has 0 aliphatic heterocycles. The van der Waals surface area contributed by atoms with E-state index < -0.39 is 6.10 Å². The van der Waals surface area contributed by atoms with E-state index in [0.29, 0.717) is 37.3 Å². The van der Waals surface area contributed by atoms with Crippen LogP contribution in [0.3, 0.4) is 0 Å². The molecule has 2 amide bonds. The molecule has 3 N–H and O–H groups in total. The lowest BCUT2D eigenvalue weighted by atomic mass is 9.74. The van der Waals surface area contributed by atoms with Gasteiger partial charge in [0.2, 0.25) is 11.8 Å². The topological polar surface area (TPSA) is 78.4 Å². The van der Waals surface area contributed by atoms with Crippen molar-refractivity contribution in [1.82, 2.24) is 10.6 Å². The SMILES string of the molecule is CC(=O)N[C@H]1CC[C@](CNC(=O)CCc2ccc(Cl)cc2)(c2ccccc2)CC[C@@H]1O.